The van der Waals surface area contributed by atoms with Crippen molar-refractivity contribution in [2.24, 2.45) is 0 Å². The number of ether oxygens (including phenoxy) is 1. The minimum Gasteiger partial charge on any atom is -0.467 e. The normalized spacial score (nSPS) is 11.4. The highest BCUT2D eigenvalue weighted by Gasteiger charge is 2.33. The lowest BCUT2D eigenvalue weighted by molar-refractivity contribution is -0.150. The molecule has 1 N–H and O–H groups in total. The van der Waals surface area contributed by atoms with Crippen molar-refractivity contribution in [1.82, 2.24) is 15.0 Å². The monoisotopic (exact) mass is 366 g/mol. The fourth-order valence-electron chi connectivity index (χ4n) is 2.79. The molecule has 140 valence electrons. The Morgan fingerprint density at radius 1 is 1.11 bits per heavy atom. The van der Waals surface area contributed by atoms with E-state index < -0.39 is 11.5 Å². The average molecular weight is 366 g/mol. The number of anilines is 1. The molecule has 2 aromatic carbocycles. The molecule has 0 fully saturated rings. The zero-order valence-electron chi connectivity index (χ0n) is 15.8. The largest absolute Gasteiger partial charge is 0.467 e. The first-order valence-corrected chi connectivity index (χ1v) is 8.62. The van der Waals surface area contributed by atoms with Crippen LogP contribution in [0, 0.1) is 6.92 Å². The summed E-state index contributed by atoms with van der Waals surface area (Å²) in [7, 11) is 1.32. The molecular formula is C20H22N4O3. The summed E-state index contributed by atoms with van der Waals surface area (Å²) in [6, 6.07) is 13.1. The molecular weight excluding hydrogens is 344 g/mol. The van der Waals surface area contributed by atoms with Crippen molar-refractivity contribution in [1.29, 1.82) is 0 Å². The number of methoxy groups -OCH3 is 1. The molecule has 0 saturated carbocycles. The number of hydrogen-bond acceptors (Lipinski definition) is 5. The van der Waals surface area contributed by atoms with Crippen LogP contribution in [0.3, 0.4) is 0 Å². The van der Waals surface area contributed by atoms with Gasteiger partial charge in [0.05, 0.1) is 19.2 Å². The van der Waals surface area contributed by atoms with Gasteiger partial charge in [-0.1, -0.05) is 30.3 Å². The van der Waals surface area contributed by atoms with E-state index in [0.717, 1.165) is 11.1 Å². The maximum absolute atomic E-state index is 12.5. The van der Waals surface area contributed by atoms with Crippen LogP contribution in [0.4, 0.5) is 5.69 Å². The van der Waals surface area contributed by atoms with Crippen LogP contribution in [0.5, 0.6) is 0 Å². The molecule has 1 heterocycles. The number of carbonyl (C=O) groups excluding carboxylic acids is 2. The second kappa shape index (κ2) is 7.19. The predicted molar refractivity (Wildman–Crippen MR) is 102 cm³/mol. The van der Waals surface area contributed by atoms with Gasteiger partial charge in [-0.25, -0.2) is 4.79 Å². The second-order valence-electron chi connectivity index (χ2n) is 6.86. The molecule has 0 radical (unpaired) electrons. The van der Waals surface area contributed by atoms with Crippen LogP contribution in [0.25, 0.3) is 11.0 Å². The summed E-state index contributed by atoms with van der Waals surface area (Å²) in [6.07, 6.45) is 0.269. The van der Waals surface area contributed by atoms with Crippen molar-refractivity contribution < 1.29 is 14.3 Å². The number of esters is 1. The van der Waals surface area contributed by atoms with E-state index in [4.69, 9.17) is 4.74 Å². The van der Waals surface area contributed by atoms with Crippen LogP contribution in [0.2, 0.25) is 0 Å². The van der Waals surface area contributed by atoms with Crippen molar-refractivity contribution in [3.63, 3.8) is 0 Å². The molecule has 7 heteroatoms. The topological polar surface area (TPSA) is 86.1 Å². The van der Waals surface area contributed by atoms with E-state index in [1.165, 1.54) is 11.9 Å². The van der Waals surface area contributed by atoms with Crippen LogP contribution < -0.4 is 5.32 Å². The first kappa shape index (κ1) is 18.6. The number of nitrogens with zero attached hydrogens (tertiary/aromatic N) is 3. The third kappa shape index (κ3) is 3.67. The highest BCUT2D eigenvalue weighted by atomic mass is 16.5. The zero-order chi connectivity index (χ0) is 19.6. The van der Waals surface area contributed by atoms with Crippen molar-refractivity contribution in [3.8, 4) is 0 Å². The fourth-order valence-corrected chi connectivity index (χ4v) is 2.79. The summed E-state index contributed by atoms with van der Waals surface area (Å²) in [5.74, 6) is -0.591. The van der Waals surface area contributed by atoms with E-state index in [0.29, 0.717) is 16.7 Å². The number of carbonyl (C=O) groups is 2. The molecule has 1 amide bonds. The summed E-state index contributed by atoms with van der Waals surface area (Å²) in [5, 5.41) is 11.7. The highest BCUT2D eigenvalue weighted by molar-refractivity contribution is 6.00. The molecule has 27 heavy (non-hydrogen) atoms. The lowest BCUT2D eigenvalue weighted by Crippen LogP contribution is -2.38. The van der Waals surface area contributed by atoms with Crippen molar-refractivity contribution in [2.45, 2.75) is 32.7 Å². The van der Waals surface area contributed by atoms with Crippen LogP contribution in [0.15, 0.2) is 42.5 Å². The molecule has 0 aliphatic heterocycles. The molecule has 0 aliphatic carbocycles. The molecule has 0 aliphatic rings. The number of fused-ring (bicyclic) bond motifs is 1. The SMILES string of the molecule is COC(=O)C(C)(C)n1nc2cccc(NC(=O)Cc3ccccc3C)c2n1. The van der Waals surface area contributed by atoms with Gasteiger partial charge in [0.25, 0.3) is 0 Å². The van der Waals surface area contributed by atoms with E-state index in [1.807, 2.05) is 31.2 Å². The Hall–Kier alpha value is -3.22. The molecule has 0 unspecified atom stereocenters. The first-order chi connectivity index (χ1) is 12.8. The van der Waals surface area contributed by atoms with E-state index in [2.05, 4.69) is 15.5 Å². The van der Waals surface area contributed by atoms with Gasteiger partial charge in [-0.2, -0.15) is 15.0 Å². The molecule has 3 aromatic rings. The number of amides is 1. The van der Waals surface area contributed by atoms with Gasteiger partial charge in [-0.05, 0) is 44.0 Å². The fraction of sp³-hybridized carbons (Fsp3) is 0.300. The van der Waals surface area contributed by atoms with E-state index in [-0.39, 0.29) is 12.3 Å². The summed E-state index contributed by atoms with van der Waals surface area (Å²) in [5.41, 5.74) is 2.64. The number of aryl methyl sites for hydroxylation is 1. The minimum atomic E-state index is -1.06. The Labute approximate surface area is 157 Å². The number of hydrogen-bond donors (Lipinski definition) is 1. The summed E-state index contributed by atoms with van der Waals surface area (Å²) in [6.45, 7) is 5.33. The lowest BCUT2D eigenvalue weighted by Gasteiger charge is -2.19. The molecule has 0 atom stereocenters. The minimum absolute atomic E-state index is 0.140. The molecule has 0 spiro atoms. The van der Waals surface area contributed by atoms with Gasteiger partial charge in [-0.15, -0.1) is 0 Å². The third-order valence-electron chi connectivity index (χ3n) is 4.48. The number of rotatable bonds is 5. The van der Waals surface area contributed by atoms with Crippen molar-refractivity contribution in [3.05, 3.63) is 53.6 Å². The maximum atomic E-state index is 12.5. The third-order valence-corrected chi connectivity index (χ3v) is 4.48. The van der Waals surface area contributed by atoms with Gasteiger partial charge in [0.2, 0.25) is 5.91 Å². The smallest absolute Gasteiger partial charge is 0.335 e. The Bertz CT molecular complexity index is 1010. The molecule has 0 saturated heterocycles. The van der Waals surface area contributed by atoms with Crippen molar-refractivity contribution >= 4 is 28.6 Å². The number of aromatic nitrogens is 3. The van der Waals surface area contributed by atoms with Crippen LogP contribution in [0.1, 0.15) is 25.0 Å². The summed E-state index contributed by atoms with van der Waals surface area (Å²) >= 11 is 0. The molecule has 3 rings (SSSR count). The maximum Gasteiger partial charge on any atom is 0.335 e. The quantitative estimate of drug-likeness (QED) is 0.702. The first-order valence-electron chi connectivity index (χ1n) is 8.62. The van der Waals surface area contributed by atoms with Crippen LogP contribution >= 0.6 is 0 Å². The Kier molecular flexibility index (Phi) is 4.94. The molecule has 0 bridgehead atoms. The zero-order valence-corrected chi connectivity index (χ0v) is 15.8. The molecule has 1 aromatic heterocycles. The van der Waals surface area contributed by atoms with Gasteiger partial charge in [0.1, 0.15) is 11.0 Å². The van der Waals surface area contributed by atoms with Crippen LogP contribution in [-0.2, 0) is 26.3 Å². The average Bonchev–Trinajstić information content (AvgIpc) is 3.09. The Morgan fingerprint density at radius 2 is 1.85 bits per heavy atom. The standard InChI is InChI=1S/C20H22N4O3/c1-13-8-5-6-9-14(13)12-17(25)21-15-10-7-11-16-18(15)23-24(22-16)20(2,3)19(26)27-4/h5-11H,12H2,1-4H3,(H,21,25). The van der Waals surface area contributed by atoms with Gasteiger partial charge in [0.15, 0.2) is 5.54 Å². The molecule has 7 nitrogen and oxygen atoms in total. The predicted octanol–water partition coefficient (Wildman–Crippen LogP) is 2.83. The second-order valence-corrected chi connectivity index (χ2v) is 6.86. The van der Waals surface area contributed by atoms with E-state index in [9.17, 15) is 9.59 Å². The van der Waals surface area contributed by atoms with Gasteiger partial charge >= 0.3 is 5.97 Å². The van der Waals surface area contributed by atoms with Crippen LogP contribution in [-0.4, -0.2) is 34.0 Å². The van der Waals surface area contributed by atoms with Gasteiger partial charge in [-0.3, -0.25) is 4.79 Å². The van der Waals surface area contributed by atoms with E-state index >= 15 is 0 Å². The van der Waals surface area contributed by atoms with Gasteiger partial charge < -0.3 is 10.1 Å². The number of nitrogens with one attached hydrogen (secondary N) is 1. The van der Waals surface area contributed by atoms with Gasteiger partial charge in [0, 0.05) is 0 Å². The van der Waals surface area contributed by atoms with E-state index in [1.54, 1.807) is 32.0 Å². The van der Waals surface area contributed by atoms with Crippen molar-refractivity contribution in [2.75, 3.05) is 12.4 Å². The Morgan fingerprint density at radius 3 is 2.56 bits per heavy atom. The Balaban J connectivity index is 1.88. The number of benzene rings is 2. The summed E-state index contributed by atoms with van der Waals surface area (Å²) in [4.78, 5) is 25.8. The highest BCUT2D eigenvalue weighted by Crippen LogP contribution is 2.24. The summed E-state index contributed by atoms with van der Waals surface area (Å²) < 4.78 is 4.83. The lowest BCUT2D eigenvalue weighted by atomic mass is 10.1.